The van der Waals surface area contributed by atoms with E-state index >= 15 is 0 Å². The van der Waals surface area contributed by atoms with Crippen molar-refractivity contribution in [2.24, 2.45) is 0 Å². The molecule has 1 aliphatic rings. The standard InChI is InChI=1S/C13H15F3N6/c1-8-11(7-22(21-8)10-2-3-17-6-10)20-12-18-4-9(5-19-12)13(14,15)16/h4-5,7,10,17H,2-3,6H2,1H3,(H,18,19,20). The zero-order valence-corrected chi connectivity index (χ0v) is 11.9. The molecule has 3 rings (SSSR count). The second-order valence-electron chi connectivity index (χ2n) is 5.17. The third-order valence-corrected chi connectivity index (χ3v) is 3.55. The van der Waals surface area contributed by atoms with Crippen molar-refractivity contribution in [2.45, 2.75) is 25.6 Å². The highest BCUT2D eigenvalue weighted by atomic mass is 19.4. The van der Waals surface area contributed by atoms with Crippen LogP contribution in [0.3, 0.4) is 0 Å². The lowest BCUT2D eigenvalue weighted by atomic mass is 10.3. The zero-order chi connectivity index (χ0) is 15.7. The summed E-state index contributed by atoms with van der Waals surface area (Å²) in [5, 5.41) is 10.6. The Labute approximate surface area is 124 Å². The van der Waals surface area contributed by atoms with Crippen molar-refractivity contribution < 1.29 is 13.2 Å². The SMILES string of the molecule is Cc1nn(C2CCNC2)cc1Nc1ncc(C(F)(F)F)cn1. The van der Waals surface area contributed by atoms with E-state index in [-0.39, 0.29) is 5.95 Å². The fourth-order valence-electron chi connectivity index (χ4n) is 2.32. The Morgan fingerprint density at radius 1 is 1.32 bits per heavy atom. The third kappa shape index (κ3) is 3.03. The van der Waals surface area contributed by atoms with E-state index in [0.29, 0.717) is 11.7 Å². The number of anilines is 2. The van der Waals surface area contributed by atoms with Gasteiger partial charge in [-0.25, -0.2) is 9.97 Å². The van der Waals surface area contributed by atoms with E-state index in [9.17, 15) is 13.2 Å². The number of nitrogens with one attached hydrogen (secondary N) is 2. The van der Waals surface area contributed by atoms with Gasteiger partial charge < -0.3 is 10.6 Å². The van der Waals surface area contributed by atoms with Crippen molar-refractivity contribution >= 4 is 11.6 Å². The smallest absolute Gasteiger partial charge is 0.321 e. The minimum atomic E-state index is -4.44. The highest BCUT2D eigenvalue weighted by Crippen LogP contribution is 2.28. The Balaban J connectivity index is 1.75. The minimum Gasteiger partial charge on any atom is -0.321 e. The first-order valence-corrected chi connectivity index (χ1v) is 6.86. The normalized spacial score (nSPS) is 18.6. The number of hydrogen-bond acceptors (Lipinski definition) is 5. The van der Waals surface area contributed by atoms with E-state index in [1.807, 2.05) is 17.8 Å². The van der Waals surface area contributed by atoms with E-state index < -0.39 is 11.7 Å². The van der Waals surface area contributed by atoms with E-state index in [2.05, 4.69) is 25.7 Å². The van der Waals surface area contributed by atoms with Gasteiger partial charge in [0.25, 0.3) is 0 Å². The molecule has 118 valence electrons. The number of aromatic nitrogens is 4. The number of halogens is 3. The highest BCUT2D eigenvalue weighted by Gasteiger charge is 2.31. The maximum Gasteiger partial charge on any atom is 0.419 e. The maximum absolute atomic E-state index is 12.5. The zero-order valence-electron chi connectivity index (χ0n) is 11.9. The Kier molecular flexibility index (Phi) is 3.73. The van der Waals surface area contributed by atoms with Gasteiger partial charge in [-0.2, -0.15) is 18.3 Å². The molecule has 6 nitrogen and oxygen atoms in total. The predicted octanol–water partition coefficient (Wildman–Crippen LogP) is 2.28. The van der Waals surface area contributed by atoms with Gasteiger partial charge in [0.05, 0.1) is 23.0 Å². The first kappa shape index (κ1) is 14.8. The molecule has 3 heterocycles. The summed E-state index contributed by atoms with van der Waals surface area (Å²) in [6, 6.07) is 0.294. The predicted molar refractivity (Wildman–Crippen MR) is 73.8 cm³/mol. The van der Waals surface area contributed by atoms with Gasteiger partial charge in [0.1, 0.15) is 0 Å². The quantitative estimate of drug-likeness (QED) is 0.910. The van der Waals surface area contributed by atoms with Gasteiger partial charge in [-0.05, 0) is 19.9 Å². The first-order valence-electron chi connectivity index (χ1n) is 6.86. The summed E-state index contributed by atoms with van der Waals surface area (Å²) in [6.07, 6.45) is -0.0911. The largest absolute Gasteiger partial charge is 0.419 e. The van der Waals surface area contributed by atoms with Crippen LogP contribution < -0.4 is 10.6 Å². The van der Waals surface area contributed by atoms with Crippen LogP contribution in [-0.4, -0.2) is 32.8 Å². The molecule has 22 heavy (non-hydrogen) atoms. The first-order chi connectivity index (χ1) is 10.4. The van der Waals surface area contributed by atoms with Gasteiger partial charge in [0.15, 0.2) is 0 Å². The molecule has 1 aliphatic heterocycles. The van der Waals surface area contributed by atoms with Crippen LogP contribution >= 0.6 is 0 Å². The van der Waals surface area contributed by atoms with Crippen LogP contribution in [0.25, 0.3) is 0 Å². The molecule has 0 aromatic carbocycles. The summed E-state index contributed by atoms with van der Waals surface area (Å²) in [5.74, 6) is 0.111. The molecule has 2 aromatic rings. The van der Waals surface area contributed by atoms with Gasteiger partial charge in [0, 0.05) is 25.1 Å². The number of hydrogen-bond donors (Lipinski definition) is 2. The van der Waals surface area contributed by atoms with Crippen molar-refractivity contribution in [1.82, 2.24) is 25.1 Å². The maximum atomic E-state index is 12.5. The fourth-order valence-corrected chi connectivity index (χ4v) is 2.32. The van der Waals surface area contributed by atoms with Crippen LogP contribution in [0.1, 0.15) is 23.7 Å². The topological polar surface area (TPSA) is 67.7 Å². The molecular formula is C13H15F3N6. The van der Waals surface area contributed by atoms with Crippen LogP contribution in [0.5, 0.6) is 0 Å². The monoisotopic (exact) mass is 312 g/mol. The summed E-state index contributed by atoms with van der Waals surface area (Å²) in [7, 11) is 0. The Morgan fingerprint density at radius 3 is 2.64 bits per heavy atom. The number of rotatable bonds is 3. The van der Waals surface area contributed by atoms with Crippen LogP contribution in [-0.2, 0) is 6.18 Å². The fraction of sp³-hybridized carbons (Fsp3) is 0.462. The van der Waals surface area contributed by atoms with Gasteiger partial charge >= 0.3 is 6.18 Å². The van der Waals surface area contributed by atoms with Gasteiger partial charge in [-0.15, -0.1) is 0 Å². The number of nitrogens with zero attached hydrogens (tertiary/aromatic N) is 4. The van der Waals surface area contributed by atoms with E-state index in [1.165, 1.54) is 0 Å². The van der Waals surface area contributed by atoms with E-state index in [1.54, 1.807) is 0 Å². The Hall–Kier alpha value is -2.16. The molecule has 2 N–H and O–H groups in total. The van der Waals surface area contributed by atoms with Crippen molar-refractivity contribution in [3.05, 3.63) is 29.8 Å². The molecule has 1 unspecified atom stereocenters. The van der Waals surface area contributed by atoms with Gasteiger partial charge in [0.2, 0.25) is 5.95 Å². The van der Waals surface area contributed by atoms with Crippen molar-refractivity contribution in [2.75, 3.05) is 18.4 Å². The molecule has 0 amide bonds. The van der Waals surface area contributed by atoms with Crippen molar-refractivity contribution in [1.29, 1.82) is 0 Å². The molecule has 2 aromatic heterocycles. The molecule has 1 atom stereocenters. The summed E-state index contributed by atoms with van der Waals surface area (Å²) >= 11 is 0. The minimum absolute atomic E-state index is 0.111. The molecule has 1 saturated heterocycles. The summed E-state index contributed by atoms with van der Waals surface area (Å²) in [4.78, 5) is 7.39. The van der Waals surface area contributed by atoms with Crippen LogP contribution in [0.4, 0.5) is 24.8 Å². The lowest BCUT2D eigenvalue weighted by molar-refractivity contribution is -0.138. The summed E-state index contributed by atoms with van der Waals surface area (Å²) in [6.45, 7) is 3.64. The molecule has 0 bridgehead atoms. The molecule has 1 fully saturated rings. The van der Waals surface area contributed by atoms with Crippen LogP contribution in [0.15, 0.2) is 18.6 Å². The van der Waals surface area contributed by atoms with Crippen LogP contribution in [0.2, 0.25) is 0 Å². The molecule has 9 heteroatoms. The number of alkyl halides is 3. The van der Waals surface area contributed by atoms with Crippen LogP contribution in [0, 0.1) is 6.92 Å². The molecular weight excluding hydrogens is 297 g/mol. The van der Waals surface area contributed by atoms with Crippen molar-refractivity contribution in [3.8, 4) is 0 Å². The molecule has 0 spiro atoms. The lowest BCUT2D eigenvalue weighted by Crippen LogP contribution is -2.13. The highest BCUT2D eigenvalue weighted by molar-refractivity contribution is 5.54. The third-order valence-electron chi connectivity index (χ3n) is 3.55. The Bertz CT molecular complexity index is 643. The van der Waals surface area contributed by atoms with E-state index in [0.717, 1.165) is 37.6 Å². The second-order valence-corrected chi connectivity index (χ2v) is 5.17. The summed E-state index contributed by atoms with van der Waals surface area (Å²) < 4.78 is 39.3. The summed E-state index contributed by atoms with van der Waals surface area (Å²) in [5.41, 5.74) is 0.560. The average molecular weight is 312 g/mol. The van der Waals surface area contributed by atoms with Gasteiger partial charge in [-0.1, -0.05) is 0 Å². The number of aryl methyl sites for hydroxylation is 1. The van der Waals surface area contributed by atoms with E-state index in [4.69, 9.17) is 0 Å². The lowest BCUT2D eigenvalue weighted by Gasteiger charge is -2.08. The second kappa shape index (κ2) is 5.56. The molecule has 0 saturated carbocycles. The van der Waals surface area contributed by atoms with Gasteiger partial charge in [-0.3, -0.25) is 4.68 Å². The van der Waals surface area contributed by atoms with Crippen molar-refractivity contribution in [3.63, 3.8) is 0 Å². The average Bonchev–Trinajstić information content (AvgIpc) is 3.09. The molecule has 0 aliphatic carbocycles. The Morgan fingerprint density at radius 2 is 2.05 bits per heavy atom. The molecule has 0 radical (unpaired) electrons.